The van der Waals surface area contributed by atoms with E-state index in [0.717, 1.165) is 18.7 Å². The number of rotatable bonds is 7. The number of nitrogens with zero attached hydrogens (tertiary/aromatic N) is 1. The lowest BCUT2D eigenvalue weighted by atomic mass is 10.0. The van der Waals surface area contributed by atoms with E-state index in [1.165, 1.54) is 29.7 Å². The third-order valence-corrected chi connectivity index (χ3v) is 3.13. The molecule has 0 saturated heterocycles. The highest BCUT2D eigenvalue weighted by atomic mass is 15.1. The molecule has 0 spiro atoms. The van der Waals surface area contributed by atoms with E-state index in [1.807, 2.05) is 0 Å². The average Bonchev–Trinajstić information content (AvgIpc) is 2.36. The van der Waals surface area contributed by atoms with Gasteiger partial charge in [-0.2, -0.15) is 0 Å². The Morgan fingerprint density at radius 2 is 1.74 bits per heavy atom. The molecule has 0 aliphatic heterocycles. The zero-order chi connectivity index (χ0) is 14.3. The maximum Gasteiger partial charge on any atom is 0.0444 e. The van der Waals surface area contributed by atoms with Crippen molar-refractivity contribution in [1.29, 1.82) is 0 Å². The number of hydrogen-bond acceptors (Lipinski definition) is 1. The summed E-state index contributed by atoms with van der Waals surface area (Å²) in [6, 6.07) is 8.60. The molecule has 104 valence electrons. The third-order valence-electron chi connectivity index (χ3n) is 3.13. The Balaban J connectivity index is 3.21. The van der Waals surface area contributed by atoms with Gasteiger partial charge in [0.25, 0.3) is 0 Å². The smallest absolute Gasteiger partial charge is 0.0444 e. The molecule has 0 saturated carbocycles. The Morgan fingerprint density at radius 3 is 2.21 bits per heavy atom. The van der Waals surface area contributed by atoms with Crippen molar-refractivity contribution in [1.82, 2.24) is 4.90 Å². The molecule has 0 bridgehead atoms. The van der Waals surface area contributed by atoms with Crippen LogP contribution in [0.1, 0.15) is 44.7 Å². The quantitative estimate of drug-likeness (QED) is 0.619. The molecule has 0 heterocycles. The van der Waals surface area contributed by atoms with Gasteiger partial charge in [0, 0.05) is 24.4 Å². The summed E-state index contributed by atoms with van der Waals surface area (Å²) in [5.41, 5.74) is 5.07. The molecule has 0 unspecified atom stereocenters. The number of hydrogen-bond donors (Lipinski definition) is 0. The summed E-state index contributed by atoms with van der Waals surface area (Å²) >= 11 is 0. The van der Waals surface area contributed by atoms with Gasteiger partial charge in [-0.25, -0.2) is 0 Å². The van der Waals surface area contributed by atoms with Crippen molar-refractivity contribution < 1.29 is 0 Å². The van der Waals surface area contributed by atoms with Crippen LogP contribution in [-0.4, -0.2) is 18.0 Å². The minimum absolute atomic E-state index is 1.10. The number of benzene rings is 1. The van der Waals surface area contributed by atoms with Crippen LogP contribution in [0, 0.1) is 6.92 Å². The van der Waals surface area contributed by atoms with Gasteiger partial charge in [0.15, 0.2) is 0 Å². The molecule has 0 radical (unpaired) electrons. The molecular weight excluding hydrogens is 230 g/mol. The van der Waals surface area contributed by atoms with Crippen LogP contribution in [0.25, 0.3) is 5.70 Å². The van der Waals surface area contributed by atoms with Crippen LogP contribution < -0.4 is 0 Å². The molecule has 1 rings (SSSR count). The largest absolute Gasteiger partial charge is 0.371 e. The summed E-state index contributed by atoms with van der Waals surface area (Å²) in [7, 11) is 0. The molecule has 1 aromatic rings. The minimum Gasteiger partial charge on any atom is -0.371 e. The molecule has 0 fully saturated rings. The van der Waals surface area contributed by atoms with Crippen LogP contribution in [0.15, 0.2) is 42.5 Å². The van der Waals surface area contributed by atoms with Gasteiger partial charge in [-0.1, -0.05) is 50.3 Å². The lowest BCUT2D eigenvalue weighted by Gasteiger charge is -2.28. The van der Waals surface area contributed by atoms with Gasteiger partial charge in [0.2, 0.25) is 0 Å². The van der Waals surface area contributed by atoms with E-state index in [0.29, 0.717) is 0 Å². The number of allylic oxidation sites excluding steroid dienone is 2. The van der Waals surface area contributed by atoms with Gasteiger partial charge in [-0.05, 0) is 38.3 Å². The molecule has 0 aromatic heterocycles. The van der Waals surface area contributed by atoms with Crippen LogP contribution in [0.2, 0.25) is 0 Å². The summed E-state index contributed by atoms with van der Waals surface area (Å²) in [5, 5.41) is 0. The van der Waals surface area contributed by atoms with E-state index in [-0.39, 0.29) is 0 Å². The monoisotopic (exact) mass is 257 g/mol. The van der Waals surface area contributed by atoms with E-state index < -0.39 is 0 Å². The van der Waals surface area contributed by atoms with Crippen LogP contribution >= 0.6 is 0 Å². The molecule has 19 heavy (non-hydrogen) atoms. The Labute approximate surface area is 118 Å². The molecule has 0 atom stereocenters. The first-order valence-corrected chi connectivity index (χ1v) is 7.28. The van der Waals surface area contributed by atoms with Crippen molar-refractivity contribution in [2.45, 2.75) is 40.5 Å². The molecule has 0 aliphatic rings. The van der Waals surface area contributed by atoms with Gasteiger partial charge in [0.05, 0.1) is 0 Å². The molecular formula is C18H27N. The van der Waals surface area contributed by atoms with Crippen LogP contribution in [0.5, 0.6) is 0 Å². The van der Waals surface area contributed by atoms with E-state index in [1.54, 1.807) is 0 Å². The topological polar surface area (TPSA) is 3.24 Å². The number of aryl methyl sites for hydroxylation is 1. The van der Waals surface area contributed by atoms with Crippen LogP contribution in [0.3, 0.4) is 0 Å². The predicted molar refractivity (Wildman–Crippen MR) is 86.1 cm³/mol. The standard InChI is InChI=1S/C18H27N/c1-6-12-19(13-7-2)18(14-15(3)4)17-11-9-8-10-16(17)5/h8-11,14H,3,6-7,12-13H2,1-2,4-5H3/b18-14+. The first-order valence-electron chi connectivity index (χ1n) is 7.28. The second-order valence-electron chi connectivity index (χ2n) is 5.18. The van der Waals surface area contributed by atoms with Crippen molar-refractivity contribution in [2.75, 3.05) is 13.1 Å². The zero-order valence-electron chi connectivity index (χ0n) is 12.9. The molecule has 0 amide bonds. The van der Waals surface area contributed by atoms with Gasteiger partial charge in [-0.15, -0.1) is 0 Å². The summed E-state index contributed by atoms with van der Waals surface area (Å²) in [5.74, 6) is 0. The van der Waals surface area contributed by atoms with E-state index in [4.69, 9.17) is 0 Å². The minimum atomic E-state index is 1.10. The maximum atomic E-state index is 4.05. The summed E-state index contributed by atoms with van der Waals surface area (Å²) < 4.78 is 0. The average molecular weight is 257 g/mol. The highest BCUT2D eigenvalue weighted by molar-refractivity contribution is 5.69. The van der Waals surface area contributed by atoms with Crippen molar-refractivity contribution in [3.05, 3.63) is 53.6 Å². The van der Waals surface area contributed by atoms with Crippen molar-refractivity contribution in [3.8, 4) is 0 Å². The van der Waals surface area contributed by atoms with E-state index in [9.17, 15) is 0 Å². The lowest BCUT2D eigenvalue weighted by Crippen LogP contribution is -2.24. The fourth-order valence-electron chi connectivity index (χ4n) is 2.33. The third kappa shape index (κ3) is 4.59. The molecule has 1 heteroatoms. The second kappa shape index (κ2) is 7.83. The molecule has 1 aromatic carbocycles. The summed E-state index contributed by atoms with van der Waals surface area (Å²) in [4.78, 5) is 2.48. The Bertz CT molecular complexity index is 437. The van der Waals surface area contributed by atoms with Gasteiger partial charge < -0.3 is 4.90 Å². The SMILES string of the molecule is C=C(C)/C=C(\c1ccccc1C)N(CCC)CCC. The summed E-state index contributed by atoms with van der Waals surface area (Å²) in [6.45, 7) is 15.0. The van der Waals surface area contributed by atoms with Gasteiger partial charge in [-0.3, -0.25) is 0 Å². The fourth-order valence-corrected chi connectivity index (χ4v) is 2.33. The predicted octanol–water partition coefficient (Wildman–Crippen LogP) is 5.03. The van der Waals surface area contributed by atoms with Gasteiger partial charge in [0.1, 0.15) is 0 Å². The lowest BCUT2D eigenvalue weighted by molar-refractivity contribution is 0.395. The first-order chi connectivity index (χ1) is 9.10. The normalized spacial score (nSPS) is 11.5. The second-order valence-corrected chi connectivity index (χ2v) is 5.18. The maximum absolute atomic E-state index is 4.05. The zero-order valence-corrected chi connectivity index (χ0v) is 12.9. The summed E-state index contributed by atoms with van der Waals surface area (Å²) in [6.07, 6.45) is 4.55. The Hall–Kier alpha value is -1.50. The molecule has 0 N–H and O–H groups in total. The Kier molecular flexibility index (Phi) is 6.41. The van der Waals surface area contributed by atoms with E-state index >= 15 is 0 Å². The molecule has 0 aliphatic carbocycles. The Morgan fingerprint density at radius 1 is 1.16 bits per heavy atom. The van der Waals surface area contributed by atoms with Crippen LogP contribution in [-0.2, 0) is 0 Å². The van der Waals surface area contributed by atoms with Crippen molar-refractivity contribution in [2.24, 2.45) is 0 Å². The molecule has 1 nitrogen and oxygen atoms in total. The van der Waals surface area contributed by atoms with Crippen LogP contribution in [0.4, 0.5) is 0 Å². The van der Waals surface area contributed by atoms with E-state index in [2.05, 4.69) is 69.5 Å². The fraction of sp³-hybridized carbons (Fsp3) is 0.444. The first kappa shape index (κ1) is 15.6. The highest BCUT2D eigenvalue weighted by Crippen LogP contribution is 2.24. The van der Waals surface area contributed by atoms with Crippen molar-refractivity contribution in [3.63, 3.8) is 0 Å². The highest BCUT2D eigenvalue weighted by Gasteiger charge is 2.12. The van der Waals surface area contributed by atoms with Crippen molar-refractivity contribution >= 4 is 5.70 Å². The van der Waals surface area contributed by atoms with Gasteiger partial charge >= 0.3 is 0 Å².